The molecular formula is C27H32BrCl2N3O4. The summed E-state index contributed by atoms with van der Waals surface area (Å²) in [6.07, 6.45) is 3.65. The Morgan fingerprint density at radius 1 is 1.16 bits per heavy atom. The molecule has 2 heterocycles. The van der Waals surface area contributed by atoms with Crippen LogP contribution in [0.3, 0.4) is 0 Å². The van der Waals surface area contributed by atoms with Crippen LogP contribution in [-0.2, 0) is 23.1 Å². The average molecular weight is 613 g/mol. The number of rotatable bonds is 5. The maximum Gasteiger partial charge on any atom is 0.410 e. The van der Waals surface area contributed by atoms with Crippen molar-refractivity contribution in [1.29, 1.82) is 0 Å². The van der Waals surface area contributed by atoms with Crippen LogP contribution in [0.5, 0.6) is 0 Å². The summed E-state index contributed by atoms with van der Waals surface area (Å²) >= 11 is 16.3. The van der Waals surface area contributed by atoms with Gasteiger partial charge in [-0.2, -0.15) is 0 Å². The number of hydrogen-bond acceptors (Lipinski definition) is 4. The minimum atomic E-state index is -0.643. The van der Waals surface area contributed by atoms with Crippen LogP contribution >= 0.6 is 39.1 Å². The quantitative estimate of drug-likeness (QED) is 0.389. The van der Waals surface area contributed by atoms with Crippen molar-refractivity contribution in [3.8, 4) is 0 Å². The van der Waals surface area contributed by atoms with Crippen LogP contribution in [0.1, 0.15) is 57.1 Å². The van der Waals surface area contributed by atoms with Crippen molar-refractivity contribution in [2.24, 2.45) is 13.0 Å². The smallest absolute Gasteiger partial charge is 0.410 e. The first-order valence-corrected chi connectivity index (χ1v) is 14.0. The molecule has 2 aromatic rings. The van der Waals surface area contributed by atoms with Gasteiger partial charge in [-0.3, -0.25) is 9.59 Å². The van der Waals surface area contributed by atoms with Crippen LogP contribution in [0.4, 0.5) is 4.79 Å². The summed E-state index contributed by atoms with van der Waals surface area (Å²) in [5.41, 5.74) is 0.791. The summed E-state index contributed by atoms with van der Waals surface area (Å²) in [7, 11) is 1.70. The SMILES string of the molecule is Cn1ccc([C@H]2CCN(C(=O)OC(C)(C)C)C[C@@H]2C(=O)N(Cc2cc(Br)cc(Cl)c2Cl)C2CC2)cc1=O. The van der Waals surface area contributed by atoms with E-state index in [0.717, 1.165) is 28.4 Å². The molecular weight excluding hydrogens is 581 g/mol. The fraction of sp³-hybridized carbons (Fsp3) is 0.519. The third-order valence-electron chi connectivity index (χ3n) is 6.82. The summed E-state index contributed by atoms with van der Waals surface area (Å²) in [6.45, 7) is 6.43. The van der Waals surface area contributed by atoms with Gasteiger partial charge in [0, 0.05) is 49.5 Å². The number of halogens is 3. The van der Waals surface area contributed by atoms with Crippen molar-refractivity contribution >= 4 is 51.1 Å². The van der Waals surface area contributed by atoms with E-state index in [1.807, 2.05) is 37.8 Å². The van der Waals surface area contributed by atoms with Gasteiger partial charge in [0.05, 0.1) is 16.0 Å². The van der Waals surface area contributed by atoms with Crippen molar-refractivity contribution in [3.05, 3.63) is 66.5 Å². The average Bonchev–Trinajstić information content (AvgIpc) is 3.65. The fourth-order valence-corrected chi connectivity index (χ4v) is 5.83. The standard InChI is InChI=1S/C27H32BrCl2N3O4/c1-27(2,3)37-26(36)32-10-8-20(16-7-9-31(4)23(34)12-16)21(15-32)25(35)33(19-5-6-19)14-17-11-18(28)13-22(29)24(17)30/h7,9,11-13,19-21H,5-6,8,10,14-15H2,1-4H3/t20-,21+/m1/s1. The van der Waals surface area contributed by atoms with Crippen molar-refractivity contribution in [3.63, 3.8) is 0 Å². The molecule has 1 saturated heterocycles. The van der Waals surface area contributed by atoms with Gasteiger partial charge < -0.3 is 19.1 Å². The van der Waals surface area contributed by atoms with Crippen molar-refractivity contribution in [2.45, 2.75) is 64.1 Å². The molecule has 0 radical (unpaired) electrons. The summed E-state index contributed by atoms with van der Waals surface area (Å²) in [5.74, 6) is -0.799. The Bertz CT molecular complexity index is 1260. The highest BCUT2D eigenvalue weighted by molar-refractivity contribution is 9.10. The van der Waals surface area contributed by atoms with E-state index in [2.05, 4.69) is 15.9 Å². The minimum Gasteiger partial charge on any atom is -0.444 e. The maximum absolute atomic E-state index is 14.2. The Hall–Kier alpha value is -2.03. The lowest BCUT2D eigenvalue weighted by Gasteiger charge is -2.40. The second kappa shape index (κ2) is 11.0. The first kappa shape index (κ1) is 28.0. The van der Waals surface area contributed by atoms with E-state index in [4.69, 9.17) is 27.9 Å². The molecule has 2 fully saturated rings. The zero-order chi connectivity index (χ0) is 27.1. The zero-order valence-corrected chi connectivity index (χ0v) is 24.6. The maximum atomic E-state index is 14.2. The van der Waals surface area contributed by atoms with Gasteiger partial charge in [-0.1, -0.05) is 39.1 Å². The molecule has 1 saturated carbocycles. The van der Waals surface area contributed by atoms with E-state index in [1.165, 1.54) is 4.57 Å². The number of hydrogen-bond donors (Lipinski definition) is 0. The Morgan fingerprint density at radius 3 is 2.49 bits per heavy atom. The van der Waals surface area contributed by atoms with Crippen LogP contribution in [-0.4, -0.2) is 51.1 Å². The summed E-state index contributed by atoms with van der Waals surface area (Å²) in [5, 5.41) is 0.839. The molecule has 2 atom stereocenters. The number of nitrogens with zero attached hydrogens (tertiary/aromatic N) is 3. The number of carbonyl (C=O) groups is 2. The highest BCUT2D eigenvalue weighted by Gasteiger charge is 2.43. The molecule has 0 bridgehead atoms. The van der Waals surface area contributed by atoms with Gasteiger partial charge in [-0.25, -0.2) is 4.79 Å². The van der Waals surface area contributed by atoms with Crippen molar-refractivity contribution < 1.29 is 14.3 Å². The number of likely N-dealkylation sites (tertiary alicyclic amines) is 1. The molecule has 0 unspecified atom stereocenters. The fourth-order valence-electron chi connectivity index (χ4n) is 4.78. The number of benzene rings is 1. The second-order valence-corrected chi connectivity index (χ2v) is 12.6. The monoisotopic (exact) mass is 611 g/mol. The molecule has 1 aliphatic carbocycles. The van der Waals surface area contributed by atoms with E-state index in [-0.39, 0.29) is 30.0 Å². The lowest BCUT2D eigenvalue weighted by Crippen LogP contribution is -2.51. The predicted molar refractivity (Wildman–Crippen MR) is 148 cm³/mol. The van der Waals surface area contributed by atoms with Gasteiger partial charge in [0.2, 0.25) is 5.91 Å². The third-order valence-corrected chi connectivity index (χ3v) is 8.12. The van der Waals surface area contributed by atoms with E-state index in [0.29, 0.717) is 29.6 Å². The summed E-state index contributed by atoms with van der Waals surface area (Å²) in [6, 6.07) is 7.19. The highest BCUT2D eigenvalue weighted by Crippen LogP contribution is 2.39. The summed E-state index contributed by atoms with van der Waals surface area (Å²) in [4.78, 5) is 43.1. The van der Waals surface area contributed by atoms with E-state index < -0.39 is 17.6 Å². The van der Waals surface area contributed by atoms with Crippen molar-refractivity contribution in [1.82, 2.24) is 14.4 Å². The molecule has 37 heavy (non-hydrogen) atoms. The van der Waals surface area contributed by atoms with E-state index in [9.17, 15) is 14.4 Å². The normalized spacial score (nSPS) is 20.0. The van der Waals surface area contributed by atoms with Crippen molar-refractivity contribution in [2.75, 3.05) is 13.1 Å². The molecule has 1 aliphatic heterocycles. The lowest BCUT2D eigenvalue weighted by atomic mass is 9.79. The van der Waals surface area contributed by atoms with Gasteiger partial charge >= 0.3 is 6.09 Å². The molecule has 0 spiro atoms. The number of ether oxygens (including phenoxy) is 1. The van der Waals surface area contributed by atoms with Gasteiger partial charge in [-0.05, 0) is 75.3 Å². The molecule has 10 heteroatoms. The molecule has 4 rings (SSSR count). The molecule has 2 amide bonds. The first-order chi connectivity index (χ1) is 17.3. The van der Waals surface area contributed by atoms with Gasteiger partial charge in [0.15, 0.2) is 0 Å². The Balaban J connectivity index is 1.67. The molecule has 1 aromatic carbocycles. The third kappa shape index (κ3) is 6.70. The predicted octanol–water partition coefficient (Wildman–Crippen LogP) is 5.99. The van der Waals surface area contributed by atoms with E-state index >= 15 is 0 Å². The highest BCUT2D eigenvalue weighted by atomic mass is 79.9. The van der Waals surface area contributed by atoms with Crippen LogP contribution < -0.4 is 5.56 Å². The molecule has 1 aromatic heterocycles. The van der Waals surface area contributed by atoms with Crippen LogP contribution in [0.25, 0.3) is 0 Å². The lowest BCUT2D eigenvalue weighted by molar-refractivity contribution is -0.139. The number of carbonyl (C=O) groups excluding carboxylic acids is 2. The number of aromatic nitrogens is 1. The van der Waals surface area contributed by atoms with E-state index in [1.54, 1.807) is 30.3 Å². The molecule has 0 N–H and O–H groups in total. The minimum absolute atomic E-state index is 0.0615. The Labute approximate surface area is 235 Å². The molecule has 200 valence electrons. The van der Waals surface area contributed by atoms with Crippen LogP contribution in [0.2, 0.25) is 10.0 Å². The molecule has 2 aliphatic rings. The number of amides is 2. The van der Waals surface area contributed by atoms with Gasteiger partial charge in [-0.15, -0.1) is 0 Å². The van der Waals surface area contributed by atoms with Gasteiger partial charge in [0.25, 0.3) is 5.56 Å². The Morgan fingerprint density at radius 2 is 1.86 bits per heavy atom. The van der Waals surface area contributed by atoms with Crippen LogP contribution in [0, 0.1) is 5.92 Å². The first-order valence-electron chi connectivity index (χ1n) is 12.4. The zero-order valence-electron chi connectivity index (χ0n) is 21.5. The molecule has 7 nitrogen and oxygen atoms in total. The number of pyridine rings is 1. The summed E-state index contributed by atoms with van der Waals surface area (Å²) < 4.78 is 7.90. The largest absolute Gasteiger partial charge is 0.444 e. The number of aryl methyl sites for hydroxylation is 1. The van der Waals surface area contributed by atoms with Crippen LogP contribution in [0.15, 0.2) is 39.7 Å². The second-order valence-electron chi connectivity index (χ2n) is 10.9. The Kier molecular flexibility index (Phi) is 8.31. The number of piperidine rings is 1. The van der Waals surface area contributed by atoms with Gasteiger partial charge in [0.1, 0.15) is 5.60 Å². The topological polar surface area (TPSA) is 71.8 Å².